The second kappa shape index (κ2) is 6.63. The van der Waals surface area contributed by atoms with Crippen molar-refractivity contribution in [3.8, 4) is 11.8 Å². The molecule has 0 saturated heterocycles. The van der Waals surface area contributed by atoms with E-state index in [0.29, 0.717) is 16.1 Å². The van der Waals surface area contributed by atoms with Crippen LogP contribution in [0.2, 0.25) is 0 Å². The lowest BCUT2D eigenvalue weighted by molar-refractivity contribution is 0.102. The lowest BCUT2D eigenvalue weighted by Gasteiger charge is -2.10. The lowest BCUT2D eigenvalue weighted by atomic mass is 10.1. The Kier molecular flexibility index (Phi) is 4.84. The third-order valence-corrected chi connectivity index (χ3v) is 4.34. The van der Waals surface area contributed by atoms with Crippen molar-refractivity contribution in [2.45, 2.75) is 33.8 Å². The maximum absolute atomic E-state index is 12.3. The molecule has 0 aliphatic heterocycles. The lowest BCUT2D eigenvalue weighted by Crippen LogP contribution is -2.12. The van der Waals surface area contributed by atoms with Crippen LogP contribution in [0.4, 0.5) is 5.00 Å². The van der Waals surface area contributed by atoms with Crippen LogP contribution in [0, 0.1) is 25.2 Å². The standard InChI is InChI=1S/C17H18N2O2S/c1-10(2)21-14-7-5-13(6-8-14)16(20)19-17-15(9-18)11(3)12(4)22-17/h5-8,10H,1-4H3,(H,19,20). The van der Waals surface area contributed by atoms with Crippen LogP contribution in [0.5, 0.6) is 5.75 Å². The predicted octanol–water partition coefficient (Wildman–Crippen LogP) is 4.28. The van der Waals surface area contributed by atoms with Gasteiger partial charge in [0.05, 0.1) is 11.7 Å². The zero-order valence-corrected chi connectivity index (χ0v) is 13.9. The van der Waals surface area contributed by atoms with Crippen LogP contribution in [-0.2, 0) is 0 Å². The number of thiophene rings is 1. The quantitative estimate of drug-likeness (QED) is 0.916. The zero-order valence-electron chi connectivity index (χ0n) is 13.1. The Morgan fingerprint density at radius 1 is 1.27 bits per heavy atom. The number of nitrogens with one attached hydrogen (secondary N) is 1. The highest BCUT2D eigenvalue weighted by Crippen LogP contribution is 2.32. The van der Waals surface area contributed by atoms with E-state index in [1.54, 1.807) is 24.3 Å². The highest BCUT2D eigenvalue weighted by Gasteiger charge is 2.15. The van der Waals surface area contributed by atoms with E-state index < -0.39 is 0 Å². The van der Waals surface area contributed by atoms with Gasteiger partial charge in [0.15, 0.2) is 0 Å². The predicted molar refractivity (Wildman–Crippen MR) is 88.7 cm³/mol. The Morgan fingerprint density at radius 2 is 1.91 bits per heavy atom. The fourth-order valence-corrected chi connectivity index (χ4v) is 2.99. The summed E-state index contributed by atoms with van der Waals surface area (Å²) >= 11 is 1.42. The summed E-state index contributed by atoms with van der Waals surface area (Å²) in [7, 11) is 0. The number of anilines is 1. The van der Waals surface area contributed by atoms with Crippen LogP contribution in [0.15, 0.2) is 24.3 Å². The molecule has 0 atom stereocenters. The van der Waals surface area contributed by atoms with Crippen LogP contribution in [0.3, 0.4) is 0 Å². The van der Waals surface area contributed by atoms with Crippen LogP contribution in [-0.4, -0.2) is 12.0 Å². The Labute approximate surface area is 134 Å². The number of hydrogen-bond acceptors (Lipinski definition) is 4. The summed E-state index contributed by atoms with van der Waals surface area (Å²) in [4.78, 5) is 13.3. The number of benzene rings is 1. The molecule has 0 aliphatic rings. The van der Waals surface area contributed by atoms with Gasteiger partial charge in [0.25, 0.3) is 5.91 Å². The van der Waals surface area contributed by atoms with Gasteiger partial charge in [-0.2, -0.15) is 5.26 Å². The minimum absolute atomic E-state index is 0.0925. The Balaban J connectivity index is 2.16. The van der Waals surface area contributed by atoms with Gasteiger partial charge in [-0.1, -0.05) is 0 Å². The molecule has 1 heterocycles. The molecule has 0 fully saturated rings. The molecule has 0 saturated carbocycles. The first-order valence-corrected chi connectivity index (χ1v) is 7.82. The molecule has 2 rings (SSSR count). The van der Waals surface area contributed by atoms with Crippen molar-refractivity contribution < 1.29 is 9.53 Å². The second-order valence-electron chi connectivity index (χ2n) is 5.24. The molecular formula is C17H18N2O2S. The number of aryl methyl sites for hydroxylation is 1. The molecule has 0 aliphatic carbocycles. The van der Waals surface area contributed by atoms with E-state index in [1.165, 1.54) is 11.3 Å². The SMILES string of the molecule is Cc1sc(NC(=O)c2ccc(OC(C)C)cc2)c(C#N)c1C. The molecule has 114 valence electrons. The molecule has 1 aromatic heterocycles. The van der Waals surface area contributed by atoms with Crippen molar-refractivity contribution >= 4 is 22.2 Å². The van der Waals surface area contributed by atoms with Crippen LogP contribution < -0.4 is 10.1 Å². The van der Waals surface area contributed by atoms with Gasteiger partial charge in [-0.25, -0.2) is 0 Å². The summed E-state index contributed by atoms with van der Waals surface area (Å²) in [6, 6.07) is 9.12. The molecular weight excluding hydrogens is 296 g/mol. The summed E-state index contributed by atoms with van der Waals surface area (Å²) in [5.74, 6) is 0.501. The molecule has 4 nitrogen and oxygen atoms in total. The van der Waals surface area contributed by atoms with Crippen LogP contribution >= 0.6 is 11.3 Å². The van der Waals surface area contributed by atoms with Crippen molar-refractivity contribution in [3.63, 3.8) is 0 Å². The first-order chi connectivity index (χ1) is 10.4. The van der Waals surface area contributed by atoms with E-state index >= 15 is 0 Å². The first kappa shape index (κ1) is 16.1. The average molecular weight is 314 g/mol. The Bertz CT molecular complexity index is 724. The third-order valence-electron chi connectivity index (χ3n) is 3.21. The van der Waals surface area contributed by atoms with Gasteiger partial charge in [0.2, 0.25) is 0 Å². The number of carbonyl (C=O) groups is 1. The summed E-state index contributed by atoms with van der Waals surface area (Å²) in [5, 5.41) is 12.6. The van der Waals surface area contributed by atoms with Gasteiger partial charge in [0.1, 0.15) is 16.8 Å². The number of rotatable bonds is 4. The number of hydrogen-bond donors (Lipinski definition) is 1. The van der Waals surface area contributed by atoms with Crippen molar-refractivity contribution in [1.29, 1.82) is 5.26 Å². The molecule has 2 aromatic rings. The monoisotopic (exact) mass is 314 g/mol. The van der Waals surface area contributed by atoms with Gasteiger partial charge < -0.3 is 10.1 Å². The number of nitriles is 1. The first-order valence-electron chi connectivity index (χ1n) is 7.00. The smallest absolute Gasteiger partial charge is 0.256 e. The minimum atomic E-state index is -0.228. The molecule has 5 heteroatoms. The van der Waals surface area contributed by atoms with E-state index in [-0.39, 0.29) is 12.0 Å². The number of nitrogens with zero attached hydrogens (tertiary/aromatic N) is 1. The van der Waals surface area contributed by atoms with Crippen LogP contribution in [0.25, 0.3) is 0 Å². The second-order valence-corrected chi connectivity index (χ2v) is 6.47. The van der Waals surface area contributed by atoms with E-state index in [4.69, 9.17) is 4.74 Å². The van der Waals surface area contributed by atoms with Crippen molar-refractivity contribution in [3.05, 3.63) is 45.8 Å². The van der Waals surface area contributed by atoms with Crippen molar-refractivity contribution in [2.24, 2.45) is 0 Å². The molecule has 0 bridgehead atoms. The number of ether oxygens (including phenoxy) is 1. The van der Waals surface area contributed by atoms with E-state index in [1.807, 2.05) is 27.7 Å². The summed E-state index contributed by atoms with van der Waals surface area (Å²) in [5.41, 5.74) is 1.99. The molecule has 1 N–H and O–H groups in total. The topological polar surface area (TPSA) is 62.1 Å². The average Bonchev–Trinajstić information content (AvgIpc) is 2.73. The molecule has 1 amide bonds. The highest BCUT2D eigenvalue weighted by molar-refractivity contribution is 7.16. The van der Waals surface area contributed by atoms with Crippen molar-refractivity contribution in [2.75, 3.05) is 5.32 Å². The van der Waals surface area contributed by atoms with Gasteiger partial charge >= 0.3 is 0 Å². The molecule has 1 aromatic carbocycles. The van der Waals surface area contributed by atoms with Gasteiger partial charge in [-0.3, -0.25) is 4.79 Å². The molecule has 0 unspecified atom stereocenters. The van der Waals surface area contributed by atoms with Crippen molar-refractivity contribution in [1.82, 2.24) is 0 Å². The largest absolute Gasteiger partial charge is 0.491 e. The van der Waals surface area contributed by atoms with Crippen LogP contribution in [0.1, 0.15) is 40.2 Å². The molecule has 22 heavy (non-hydrogen) atoms. The normalized spacial score (nSPS) is 10.4. The Morgan fingerprint density at radius 3 is 2.45 bits per heavy atom. The third kappa shape index (κ3) is 3.46. The fraction of sp³-hybridized carbons (Fsp3) is 0.294. The van der Waals surface area contributed by atoms with Gasteiger partial charge in [0, 0.05) is 10.4 Å². The zero-order chi connectivity index (χ0) is 16.3. The molecule has 0 spiro atoms. The van der Waals surface area contributed by atoms with E-state index in [9.17, 15) is 10.1 Å². The fourth-order valence-electron chi connectivity index (χ4n) is 1.98. The van der Waals surface area contributed by atoms with Gasteiger partial charge in [-0.05, 0) is 57.5 Å². The maximum atomic E-state index is 12.3. The highest BCUT2D eigenvalue weighted by atomic mass is 32.1. The maximum Gasteiger partial charge on any atom is 0.256 e. The van der Waals surface area contributed by atoms with Gasteiger partial charge in [-0.15, -0.1) is 11.3 Å². The summed E-state index contributed by atoms with van der Waals surface area (Å²) in [6.45, 7) is 7.73. The number of amides is 1. The minimum Gasteiger partial charge on any atom is -0.491 e. The molecule has 0 radical (unpaired) electrons. The number of carbonyl (C=O) groups excluding carboxylic acids is 1. The van der Waals surface area contributed by atoms with E-state index in [2.05, 4.69) is 11.4 Å². The van der Waals surface area contributed by atoms with E-state index in [0.717, 1.165) is 16.2 Å². The summed E-state index contributed by atoms with van der Waals surface area (Å²) < 4.78 is 5.55. The summed E-state index contributed by atoms with van der Waals surface area (Å²) in [6.07, 6.45) is 0.0925. The Hall–Kier alpha value is -2.32.